The number of fused-ring (bicyclic) bond motifs is 1. The van der Waals surface area contributed by atoms with Crippen LogP contribution in [0, 0.1) is 0 Å². The third-order valence-corrected chi connectivity index (χ3v) is 9.80. The summed E-state index contributed by atoms with van der Waals surface area (Å²) in [5.74, 6) is -0.745. The molecule has 2 amide bonds. The van der Waals surface area contributed by atoms with Gasteiger partial charge < -0.3 is 21.7 Å². The fourth-order valence-electron chi connectivity index (χ4n) is 6.74. The number of nitrogens with zero attached hydrogens (tertiary/aromatic N) is 3. The predicted molar refractivity (Wildman–Crippen MR) is 259 cm³/mol. The Kier molecular flexibility index (Phi) is 17.6. The van der Waals surface area contributed by atoms with E-state index < -0.39 is 29.4 Å². The molecule has 1 heterocycles. The van der Waals surface area contributed by atoms with Crippen LogP contribution in [0.1, 0.15) is 42.2 Å². The number of rotatable bonds is 10. The van der Waals surface area contributed by atoms with Crippen LogP contribution in [-0.4, -0.2) is 79.9 Å². The summed E-state index contributed by atoms with van der Waals surface area (Å²) in [4.78, 5) is 40.6. The van der Waals surface area contributed by atoms with Gasteiger partial charge in [-0.25, -0.2) is 9.15 Å². The van der Waals surface area contributed by atoms with Crippen molar-refractivity contribution < 1.29 is 55.6 Å². The Morgan fingerprint density at radius 2 is 1.07 bits per heavy atom. The van der Waals surface area contributed by atoms with Crippen molar-refractivity contribution in [1.82, 2.24) is 10.3 Å². The van der Waals surface area contributed by atoms with Crippen molar-refractivity contribution in [1.29, 1.82) is 0 Å². The number of hydrogen-bond donors (Lipinski definition) is 4. The van der Waals surface area contributed by atoms with E-state index in [4.69, 9.17) is 0 Å². The monoisotopic (exact) mass is 946 g/mol. The van der Waals surface area contributed by atoms with Crippen LogP contribution in [0.4, 0.5) is 43.4 Å². The SMILES string of the molecule is CNC=C(C=[N+](C)C)C=[N+](C)C.O=Cc1cnc2cc(NC(=O)c3ccccc3-c3ccc(C(F)(F)F)cc3)ccc2c1.[NH3+]c1cccc(NC(=O)c2ccccc2-c2ccc(C(F)(F)F)cc2)c1. The van der Waals surface area contributed by atoms with Crippen LogP contribution in [0.15, 0.2) is 164 Å². The molecule has 0 bridgehead atoms. The lowest BCUT2D eigenvalue weighted by molar-refractivity contribution is -0.462. The minimum atomic E-state index is -4.42. The number of allylic oxidation sites excluding steroid dienone is 1. The van der Waals surface area contributed by atoms with Gasteiger partial charge in [-0.1, -0.05) is 72.8 Å². The lowest BCUT2D eigenvalue weighted by Gasteiger charge is -2.12. The number of carbonyl (C=O) groups is 3. The second-order valence-corrected chi connectivity index (χ2v) is 15.8. The minimum absolute atomic E-state index is 0.326. The molecule has 10 nitrogen and oxygen atoms in total. The Morgan fingerprint density at radius 1 is 0.594 bits per heavy atom. The molecule has 0 aliphatic rings. The largest absolute Gasteiger partial charge is 0.416 e. The van der Waals surface area contributed by atoms with Gasteiger partial charge in [0.15, 0.2) is 18.7 Å². The maximum absolute atomic E-state index is 12.9. The highest BCUT2D eigenvalue weighted by Gasteiger charge is 2.31. The average Bonchev–Trinajstić information content (AvgIpc) is 3.31. The molecule has 0 aliphatic carbocycles. The molecule has 0 radical (unpaired) electrons. The fourth-order valence-corrected chi connectivity index (χ4v) is 6.74. The van der Waals surface area contributed by atoms with E-state index in [2.05, 4.69) is 39.1 Å². The summed E-state index contributed by atoms with van der Waals surface area (Å²) in [6.07, 6.45) is -0.602. The molecule has 1 aromatic heterocycles. The Morgan fingerprint density at radius 3 is 1.51 bits per heavy atom. The van der Waals surface area contributed by atoms with Gasteiger partial charge in [0.25, 0.3) is 11.8 Å². The van der Waals surface area contributed by atoms with Crippen LogP contribution >= 0.6 is 0 Å². The maximum atomic E-state index is 12.9. The van der Waals surface area contributed by atoms with Crippen LogP contribution in [-0.2, 0) is 12.4 Å². The summed E-state index contributed by atoms with van der Waals surface area (Å²) >= 11 is 0. The van der Waals surface area contributed by atoms with Gasteiger partial charge in [0.1, 0.15) is 39.5 Å². The average molecular weight is 947 g/mol. The number of alkyl halides is 6. The molecule has 0 unspecified atom stereocenters. The second kappa shape index (κ2) is 23.5. The standard InChI is InChI=1S/C24H15F3N2O2.C20H15F3N2O.C9H18N3/c25-24(26,27)18-8-5-16(6-9-18)20-3-1-2-4-21(20)23(31)29-19-10-7-17-11-15(14-30)13-28-22(17)12-19;21-20(22,23)14-10-8-13(9-11-14)17-6-1-2-7-18(17)19(26)25-16-5-3-4-15(24)12-16;1-10-6-9(7-11(2)3)8-12(4)5/h1-14H,(H,29,31);1-12H,24H2,(H,25,26);6-8H,1-5H3/q;;+1/p+2. The molecule has 6 aromatic carbocycles. The van der Waals surface area contributed by atoms with Crippen LogP contribution in [0.5, 0.6) is 0 Å². The van der Waals surface area contributed by atoms with Gasteiger partial charge in [0.2, 0.25) is 0 Å². The molecule has 0 saturated heterocycles. The summed E-state index contributed by atoms with van der Waals surface area (Å²) < 4.78 is 80.8. The van der Waals surface area contributed by atoms with E-state index in [-0.39, 0.29) is 5.91 Å². The molecule has 0 fully saturated rings. The van der Waals surface area contributed by atoms with Crippen molar-refractivity contribution in [3.63, 3.8) is 0 Å². The van der Waals surface area contributed by atoms with Crippen molar-refractivity contribution in [3.8, 4) is 22.3 Å². The zero-order valence-corrected chi connectivity index (χ0v) is 38.3. The van der Waals surface area contributed by atoms with E-state index in [0.29, 0.717) is 62.1 Å². The molecule has 0 aliphatic heterocycles. The van der Waals surface area contributed by atoms with E-state index >= 15 is 0 Å². The number of aldehydes is 1. The van der Waals surface area contributed by atoms with Crippen molar-refractivity contribution >= 4 is 58.5 Å². The van der Waals surface area contributed by atoms with Crippen LogP contribution < -0.4 is 21.7 Å². The third kappa shape index (κ3) is 15.1. The normalized spacial score (nSPS) is 10.8. The van der Waals surface area contributed by atoms with Gasteiger partial charge in [0.05, 0.1) is 16.6 Å². The summed E-state index contributed by atoms with van der Waals surface area (Å²) in [5, 5.41) is 9.34. The first kappa shape index (κ1) is 51.7. The molecule has 0 saturated carbocycles. The quantitative estimate of drug-likeness (QED) is 0.0469. The van der Waals surface area contributed by atoms with E-state index in [0.717, 1.165) is 40.9 Å². The first-order chi connectivity index (χ1) is 32.7. The topological polar surface area (TPSA) is 134 Å². The summed E-state index contributed by atoms with van der Waals surface area (Å²) in [7, 11) is 9.92. The lowest BCUT2D eigenvalue weighted by Crippen LogP contribution is -2.40. The van der Waals surface area contributed by atoms with Gasteiger partial charge in [-0.05, 0) is 89.0 Å². The molecule has 7 rings (SSSR count). The number of halogens is 6. The number of aromatic nitrogens is 1. The molecule has 0 spiro atoms. The molecule has 0 atom stereocenters. The number of hydrogen-bond acceptors (Lipinski definition) is 5. The van der Waals surface area contributed by atoms with E-state index in [1.165, 1.54) is 30.5 Å². The Labute approximate surface area is 395 Å². The Bertz CT molecular complexity index is 2990. The Balaban J connectivity index is 0.000000212. The maximum Gasteiger partial charge on any atom is 0.416 e. The number of anilines is 2. The van der Waals surface area contributed by atoms with Crippen molar-refractivity contribution in [2.75, 3.05) is 45.9 Å². The van der Waals surface area contributed by atoms with Crippen molar-refractivity contribution in [2.45, 2.75) is 12.4 Å². The number of nitrogens with one attached hydrogen (secondary N) is 3. The van der Waals surface area contributed by atoms with Gasteiger partial charge >= 0.3 is 12.4 Å². The molecule has 16 heteroatoms. The minimum Gasteiger partial charge on any atom is -0.393 e. The first-order valence-corrected chi connectivity index (χ1v) is 21.1. The van der Waals surface area contributed by atoms with Crippen molar-refractivity contribution in [2.24, 2.45) is 0 Å². The van der Waals surface area contributed by atoms with E-state index in [1.54, 1.807) is 91.0 Å². The van der Waals surface area contributed by atoms with Gasteiger partial charge in [0, 0.05) is 59.0 Å². The highest BCUT2D eigenvalue weighted by molar-refractivity contribution is 6.10. The summed E-state index contributed by atoms with van der Waals surface area (Å²) in [5.41, 5.74) is 9.23. The predicted octanol–water partition coefficient (Wildman–Crippen LogP) is 10.3. The summed E-state index contributed by atoms with van der Waals surface area (Å²) in [6.45, 7) is 0. The zero-order chi connectivity index (χ0) is 50.3. The molecule has 6 N–H and O–H groups in total. The fraction of sp³-hybridized carbons (Fsp3) is 0.132. The van der Waals surface area contributed by atoms with E-state index in [1.807, 2.05) is 56.7 Å². The van der Waals surface area contributed by atoms with Gasteiger partial charge in [-0.15, -0.1) is 0 Å². The molecule has 354 valence electrons. The van der Waals surface area contributed by atoms with Crippen LogP contribution in [0.2, 0.25) is 0 Å². The highest BCUT2D eigenvalue weighted by Crippen LogP contribution is 2.34. The second-order valence-electron chi connectivity index (χ2n) is 15.8. The van der Waals surface area contributed by atoms with Gasteiger partial charge in [-0.3, -0.25) is 19.4 Å². The van der Waals surface area contributed by atoms with Crippen LogP contribution in [0.25, 0.3) is 33.2 Å². The highest BCUT2D eigenvalue weighted by atomic mass is 19.4. The number of quaternary nitrogens is 1. The van der Waals surface area contributed by atoms with Gasteiger partial charge in [-0.2, -0.15) is 26.3 Å². The number of amides is 2. The molecule has 7 aromatic rings. The first-order valence-electron chi connectivity index (χ1n) is 21.1. The van der Waals surface area contributed by atoms with Crippen molar-refractivity contribution in [3.05, 3.63) is 191 Å². The lowest BCUT2D eigenvalue weighted by atomic mass is 9.98. The molecular formula is C53H50F6N7O3+3. The number of pyridine rings is 1. The number of carbonyl (C=O) groups excluding carboxylic acids is 3. The molecular weight excluding hydrogens is 897 g/mol. The summed E-state index contributed by atoms with van der Waals surface area (Å²) in [6, 6.07) is 36.8. The molecule has 69 heavy (non-hydrogen) atoms. The smallest absolute Gasteiger partial charge is 0.393 e. The zero-order valence-electron chi connectivity index (χ0n) is 38.3. The van der Waals surface area contributed by atoms with Crippen LogP contribution in [0.3, 0.4) is 0 Å². The van der Waals surface area contributed by atoms with E-state index in [9.17, 15) is 40.7 Å². The Hall–Kier alpha value is -8.24. The number of benzene rings is 6. The third-order valence-electron chi connectivity index (χ3n) is 9.80.